The van der Waals surface area contributed by atoms with Gasteiger partial charge < -0.3 is 4.74 Å². The lowest BCUT2D eigenvalue weighted by molar-refractivity contribution is 0.0601. The van der Waals surface area contributed by atoms with E-state index < -0.39 is 5.97 Å². The number of carbonyl (C=O) groups is 1. The molecule has 3 rings (SSSR count). The zero-order chi connectivity index (χ0) is 14.1. The zero-order valence-corrected chi connectivity index (χ0v) is 10.7. The zero-order valence-electron chi connectivity index (χ0n) is 10.7. The van der Waals surface area contributed by atoms with Crippen molar-refractivity contribution in [3.63, 3.8) is 0 Å². The number of fused-ring (bicyclic) bond motifs is 1. The van der Waals surface area contributed by atoms with Gasteiger partial charge in [-0.3, -0.25) is 0 Å². The van der Waals surface area contributed by atoms with E-state index in [0.717, 1.165) is 10.9 Å². The van der Waals surface area contributed by atoms with Crippen molar-refractivity contribution >= 4 is 16.9 Å². The van der Waals surface area contributed by atoms with E-state index in [-0.39, 0.29) is 5.82 Å². The first-order valence-electron chi connectivity index (χ1n) is 6.01. The highest BCUT2D eigenvalue weighted by atomic mass is 19.1. The molecule has 2 aromatic carbocycles. The van der Waals surface area contributed by atoms with Crippen molar-refractivity contribution in [2.45, 2.75) is 0 Å². The van der Waals surface area contributed by atoms with Crippen LogP contribution in [0.5, 0.6) is 0 Å². The molecule has 5 heteroatoms. The minimum atomic E-state index is -0.398. The molecule has 1 aromatic heterocycles. The molecule has 0 saturated carbocycles. The predicted molar refractivity (Wildman–Crippen MR) is 72.4 cm³/mol. The van der Waals surface area contributed by atoms with Gasteiger partial charge in [-0.25, -0.2) is 13.9 Å². The molecule has 1 heterocycles. The molecule has 3 aromatic rings. The van der Waals surface area contributed by atoms with E-state index in [1.807, 2.05) is 0 Å². The number of hydrogen-bond acceptors (Lipinski definition) is 3. The van der Waals surface area contributed by atoms with Crippen LogP contribution in [-0.2, 0) is 4.74 Å². The Morgan fingerprint density at radius 2 is 2.10 bits per heavy atom. The van der Waals surface area contributed by atoms with Gasteiger partial charge in [0.15, 0.2) is 0 Å². The Kier molecular flexibility index (Phi) is 2.95. The number of halogens is 1. The van der Waals surface area contributed by atoms with Crippen molar-refractivity contribution in [1.29, 1.82) is 0 Å². The van der Waals surface area contributed by atoms with Crippen molar-refractivity contribution in [3.8, 4) is 5.69 Å². The molecular weight excluding hydrogens is 259 g/mol. The molecule has 4 nitrogen and oxygen atoms in total. The third-order valence-corrected chi connectivity index (χ3v) is 3.00. The average molecular weight is 270 g/mol. The summed E-state index contributed by atoms with van der Waals surface area (Å²) in [4.78, 5) is 11.5. The predicted octanol–water partition coefficient (Wildman–Crippen LogP) is 2.95. The highest BCUT2D eigenvalue weighted by Crippen LogP contribution is 2.18. The molecule has 0 aliphatic rings. The molecule has 0 unspecified atom stereocenters. The van der Waals surface area contributed by atoms with Gasteiger partial charge in [0, 0.05) is 11.6 Å². The van der Waals surface area contributed by atoms with Crippen LogP contribution in [-0.4, -0.2) is 22.9 Å². The number of aromatic nitrogens is 2. The van der Waals surface area contributed by atoms with Gasteiger partial charge in [-0.1, -0.05) is 6.07 Å². The lowest BCUT2D eigenvalue weighted by atomic mass is 10.2. The molecule has 0 atom stereocenters. The molecule has 0 aliphatic heterocycles. The summed E-state index contributed by atoms with van der Waals surface area (Å²) in [6, 6.07) is 11.2. The topological polar surface area (TPSA) is 44.1 Å². The second-order valence-electron chi connectivity index (χ2n) is 4.32. The number of nitrogens with zero attached hydrogens (tertiary/aromatic N) is 2. The van der Waals surface area contributed by atoms with Gasteiger partial charge in [-0.2, -0.15) is 5.10 Å². The number of rotatable bonds is 2. The molecule has 0 N–H and O–H groups in total. The summed E-state index contributed by atoms with van der Waals surface area (Å²) in [5.74, 6) is -0.720. The van der Waals surface area contributed by atoms with Crippen LogP contribution < -0.4 is 0 Å². The maximum Gasteiger partial charge on any atom is 0.337 e. The monoisotopic (exact) mass is 270 g/mol. The summed E-state index contributed by atoms with van der Waals surface area (Å²) in [5, 5.41) is 5.14. The van der Waals surface area contributed by atoms with Crippen molar-refractivity contribution in [3.05, 3.63) is 60.0 Å². The largest absolute Gasteiger partial charge is 0.465 e. The molecule has 0 spiro atoms. The van der Waals surface area contributed by atoms with Gasteiger partial charge in [-0.15, -0.1) is 0 Å². The number of hydrogen-bond donors (Lipinski definition) is 0. The summed E-state index contributed by atoms with van der Waals surface area (Å²) in [7, 11) is 1.34. The quantitative estimate of drug-likeness (QED) is 0.672. The van der Waals surface area contributed by atoms with Crippen LogP contribution >= 0.6 is 0 Å². The van der Waals surface area contributed by atoms with Crippen LogP contribution in [0.25, 0.3) is 16.6 Å². The fourth-order valence-electron chi connectivity index (χ4n) is 2.02. The van der Waals surface area contributed by atoms with E-state index in [2.05, 4.69) is 9.84 Å². The SMILES string of the molecule is COC(=O)c1ccc2nn(-c3cccc(F)c3)cc2c1. The smallest absolute Gasteiger partial charge is 0.337 e. The van der Waals surface area contributed by atoms with Gasteiger partial charge >= 0.3 is 5.97 Å². The van der Waals surface area contributed by atoms with E-state index in [0.29, 0.717) is 11.3 Å². The fourth-order valence-corrected chi connectivity index (χ4v) is 2.02. The lowest BCUT2D eigenvalue weighted by Gasteiger charge is -1.99. The Hall–Kier alpha value is -2.69. The fraction of sp³-hybridized carbons (Fsp3) is 0.0667. The maximum absolute atomic E-state index is 13.2. The summed E-state index contributed by atoms with van der Waals surface area (Å²) >= 11 is 0. The van der Waals surface area contributed by atoms with Crippen LogP contribution in [0.15, 0.2) is 48.7 Å². The third kappa shape index (κ3) is 2.14. The van der Waals surface area contributed by atoms with Crippen LogP contribution in [0.4, 0.5) is 4.39 Å². The number of esters is 1. The molecular formula is C15H11FN2O2. The first-order valence-corrected chi connectivity index (χ1v) is 6.01. The van der Waals surface area contributed by atoms with Crippen LogP contribution in [0.3, 0.4) is 0 Å². The van der Waals surface area contributed by atoms with Gasteiger partial charge in [0.2, 0.25) is 0 Å². The summed E-state index contributed by atoms with van der Waals surface area (Å²) < 4.78 is 19.5. The summed E-state index contributed by atoms with van der Waals surface area (Å²) in [6.45, 7) is 0. The summed E-state index contributed by atoms with van der Waals surface area (Å²) in [5.41, 5.74) is 1.81. The summed E-state index contributed by atoms with van der Waals surface area (Å²) in [6.07, 6.45) is 1.75. The lowest BCUT2D eigenvalue weighted by Crippen LogP contribution is -2.00. The van der Waals surface area contributed by atoms with E-state index in [4.69, 9.17) is 0 Å². The van der Waals surface area contributed by atoms with E-state index in [1.54, 1.807) is 41.2 Å². The normalized spacial score (nSPS) is 10.7. The second kappa shape index (κ2) is 4.77. The van der Waals surface area contributed by atoms with E-state index >= 15 is 0 Å². The molecule has 0 aliphatic carbocycles. The Morgan fingerprint density at radius 3 is 2.85 bits per heavy atom. The molecule has 100 valence electrons. The van der Waals surface area contributed by atoms with E-state index in [9.17, 15) is 9.18 Å². The van der Waals surface area contributed by atoms with Crippen molar-refractivity contribution < 1.29 is 13.9 Å². The van der Waals surface area contributed by atoms with Gasteiger partial charge in [-0.05, 0) is 36.4 Å². The van der Waals surface area contributed by atoms with Crippen molar-refractivity contribution in [2.75, 3.05) is 7.11 Å². The van der Waals surface area contributed by atoms with Gasteiger partial charge in [0.05, 0.1) is 23.9 Å². The number of benzene rings is 2. The minimum Gasteiger partial charge on any atom is -0.465 e. The molecule has 20 heavy (non-hydrogen) atoms. The first-order chi connectivity index (χ1) is 9.67. The standard InChI is InChI=1S/C15H11FN2O2/c1-20-15(19)10-5-6-14-11(7-10)9-18(17-14)13-4-2-3-12(16)8-13/h2-9H,1H3. The Balaban J connectivity index is 2.09. The van der Waals surface area contributed by atoms with Crippen molar-refractivity contribution in [2.24, 2.45) is 0 Å². The Morgan fingerprint density at radius 1 is 1.25 bits per heavy atom. The highest BCUT2D eigenvalue weighted by molar-refractivity contribution is 5.94. The number of carbonyl (C=O) groups excluding carboxylic acids is 1. The van der Waals surface area contributed by atoms with E-state index in [1.165, 1.54) is 19.2 Å². The van der Waals surface area contributed by atoms with Crippen LogP contribution in [0.1, 0.15) is 10.4 Å². The Labute approximate surface area is 114 Å². The minimum absolute atomic E-state index is 0.322. The van der Waals surface area contributed by atoms with Gasteiger partial charge in [0.1, 0.15) is 5.82 Å². The van der Waals surface area contributed by atoms with Crippen molar-refractivity contribution in [1.82, 2.24) is 9.78 Å². The highest BCUT2D eigenvalue weighted by Gasteiger charge is 2.09. The molecule has 0 bridgehead atoms. The number of methoxy groups -OCH3 is 1. The second-order valence-corrected chi connectivity index (χ2v) is 4.32. The average Bonchev–Trinajstić information content (AvgIpc) is 2.89. The molecule has 0 fully saturated rings. The first kappa shape index (κ1) is 12.3. The van der Waals surface area contributed by atoms with Crippen LogP contribution in [0.2, 0.25) is 0 Å². The van der Waals surface area contributed by atoms with Gasteiger partial charge in [0.25, 0.3) is 0 Å². The number of ether oxygens (including phenoxy) is 1. The Bertz CT molecular complexity index is 795. The maximum atomic E-state index is 13.2. The molecule has 0 radical (unpaired) electrons. The third-order valence-electron chi connectivity index (χ3n) is 3.00. The molecule has 0 saturated heterocycles. The van der Waals surface area contributed by atoms with Crippen LogP contribution in [0, 0.1) is 5.82 Å². The molecule has 0 amide bonds.